The molecule has 1 aromatic heterocycles. The van der Waals surface area contributed by atoms with Crippen LogP contribution in [0.5, 0.6) is 0 Å². The number of allylic oxidation sites excluding steroid dienone is 2. The van der Waals surface area contributed by atoms with Crippen LogP contribution < -0.4 is 5.32 Å². The normalized spacial score (nSPS) is 25.5. The van der Waals surface area contributed by atoms with E-state index < -0.39 is 0 Å². The summed E-state index contributed by atoms with van der Waals surface area (Å²) in [6, 6.07) is 9.74. The lowest BCUT2D eigenvalue weighted by Crippen LogP contribution is -2.30. The predicted octanol–water partition coefficient (Wildman–Crippen LogP) is 3.15. The Hall–Kier alpha value is -2.01. The Balaban J connectivity index is 1.45. The molecule has 2 aliphatic rings. The van der Waals surface area contributed by atoms with E-state index in [0.29, 0.717) is 22.4 Å². The molecule has 1 aromatic carbocycles. The number of nitrogens with zero attached hydrogens (tertiary/aromatic N) is 2. The molecule has 112 valence electrons. The molecule has 0 radical (unpaired) electrons. The van der Waals surface area contributed by atoms with Crippen LogP contribution in [0.3, 0.4) is 0 Å². The maximum atomic E-state index is 12.5. The van der Waals surface area contributed by atoms with Gasteiger partial charge in [0.25, 0.3) is 5.91 Å². The van der Waals surface area contributed by atoms with Crippen LogP contribution >= 0.6 is 11.5 Å². The molecule has 0 saturated heterocycles. The molecule has 0 aliphatic heterocycles. The number of hydrogen-bond donors (Lipinski definition) is 1. The molecule has 2 bridgehead atoms. The molecule has 4 rings (SSSR count). The molecule has 1 saturated carbocycles. The minimum Gasteiger partial charge on any atom is -0.351 e. The zero-order valence-electron chi connectivity index (χ0n) is 12.1. The van der Waals surface area contributed by atoms with E-state index in [0.717, 1.165) is 29.6 Å². The van der Waals surface area contributed by atoms with E-state index in [2.05, 4.69) is 27.1 Å². The molecule has 22 heavy (non-hydrogen) atoms. The van der Waals surface area contributed by atoms with Crippen molar-refractivity contribution < 1.29 is 4.79 Å². The van der Waals surface area contributed by atoms with Crippen molar-refractivity contribution >= 4 is 17.4 Å². The minimum absolute atomic E-state index is 0.0550. The van der Waals surface area contributed by atoms with Crippen molar-refractivity contribution in [2.24, 2.45) is 17.8 Å². The quantitative estimate of drug-likeness (QED) is 0.883. The van der Waals surface area contributed by atoms with Gasteiger partial charge in [0, 0.05) is 12.1 Å². The lowest BCUT2D eigenvalue weighted by molar-refractivity contribution is 0.0949. The molecule has 1 fully saturated rings. The Kier molecular flexibility index (Phi) is 3.50. The summed E-state index contributed by atoms with van der Waals surface area (Å²) in [6.07, 6.45) is 7.10. The Morgan fingerprint density at radius 3 is 2.82 bits per heavy atom. The molecule has 1 amide bonds. The van der Waals surface area contributed by atoms with Crippen molar-refractivity contribution in [3.63, 3.8) is 0 Å². The monoisotopic (exact) mass is 311 g/mol. The number of nitrogens with one attached hydrogen (secondary N) is 1. The van der Waals surface area contributed by atoms with Crippen LogP contribution in [0.15, 0.2) is 42.5 Å². The fourth-order valence-electron chi connectivity index (χ4n) is 3.56. The van der Waals surface area contributed by atoms with Crippen molar-refractivity contribution in [3.8, 4) is 11.3 Å². The third kappa shape index (κ3) is 2.46. The molecule has 0 unspecified atom stereocenters. The molecule has 5 heteroatoms. The standard InChI is InChI=1S/C17H17N3OS/c21-17(18-10-14-9-11-6-7-13(14)8-11)16-15(19-20-22-16)12-4-2-1-3-5-12/h1-7,11,13-14H,8-10H2,(H,18,21)/t11-,13+,14+/m1/s1. The highest BCUT2D eigenvalue weighted by Crippen LogP contribution is 2.43. The van der Waals surface area contributed by atoms with E-state index in [-0.39, 0.29) is 5.91 Å². The average molecular weight is 311 g/mol. The SMILES string of the molecule is O=C(NC[C@@H]1C[C@@H]2C=C[C@H]1C2)c1snnc1-c1ccccc1. The van der Waals surface area contributed by atoms with Crippen molar-refractivity contribution in [1.29, 1.82) is 0 Å². The highest BCUT2D eigenvalue weighted by molar-refractivity contribution is 7.08. The average Bonchev–Trinajstić information content (AvgIpc) is 3.29. The van der Waals surface area contributed by atoms with Gasteiger partial charge in [-0.05, 0) is 42.1 Å². The van der Waals surface area contributed by atoms with Crippen molar-refractivity contribution in [3.05, 3.63) is 47.4 Å². The predicted molar refractivity (Wildman–Crippen MR) is 86.5 cm³/mol. The van der Waals surface area contributed by atoms with Gasteiger partial charge in [0.15, 0.2) is 0 Å². The van der Waals surface area contributed by atoms with E-state index in [9.17, 15) is 4.79 Å². The third-order valence-electron chi connectivity index (χ3n) is 4.68. The lowest BCUT2D eigenvalue weighted by Gasteiger charge is -2.18. The molecule has 4 nitrogen and oxygen atoms in total. The van der Waals surface area contributed by atoms with E-state index >= 15 is 0 Å². The van der Waals surface area contributed by atoms with Gasteiger partial charge in [-0.2, -0.15) is 0 Å². The van der Waals surface area contributed by atoms with Crippen LogP contribution in [0.25, 0.3) is 11.3 Å². The van der Waals surface area contributed by atoms with Gasteiger partial charge in [-0.1, -0.05) is 47.0 Å². The second kappa shape index (κ2) is 5.65. The number of rotatable bonds is 4. The first kappa shape index (κ1) is 13.6. The topological polar surface area (TPSA) is 54.9 Å². The van der Waals surface area contributed by atoms with Crippen LogP contribution in [-0.4, -0.2) is 22.0 Å². The molecule has 1 heterocycles. The van der Waals surface area contributed by atoms with E-state index in [1.54, 1.807) is 0 Å². The Labute approximate surface area is 133 Å². The maximum absolute atomic E-state index is 12.5. The van der Waals surface area contributed by atoms with Crippen LogP contribution in [0, 0.1) is 17.8 Å². The summed E-state index contributed by atoms with van der Waals surface area (Å²) in [7, 11) is 0. The first-order valence-electron chi connectivity index (χ1n) is 7.65. The van der Waals surface area contributed by atoms with Crippen LogP contribution in [-0.2, 0) is 0 Å². The summed E-state index contributed by atoms with van der Waals surface area (Å²) in [5.74, 6) is 1.91. The van der Waals surface area contributed by atoms with Gasteiger partial charge in [0.1, 0.15) is 10.6 Å². The molecule has 0 spiro atoms. The van der Waals surface area contributed by atoms with Crippen molar-refractivity contribution in [1.82, 2.24) is 14.9 Å². The van der Waals surface area contributed by atoms with Gasteiger partial charge in [-0.3, -0.25) is 4.79 Å². The van der Waals surface area contributed by atoms with Crippen molar-refractivity contribution in [2.45, 2.75) is 12.8 Å². The maximum Gasteiger partial charge on any atom is 0.265 e. The van der Waals surface area contributed by atoms with Crippen LogP contribution in [0.4, 0.5) is 0 Å². The number of fused-ring (bicyclic) bond motifs is 2. The van der Waals surface area contributed by atoms with E-state index in [1.165, 1.54) is 12.8 Å². The largest absolute Gasteiger partial charge is 0.351 e. The fraction of sp³-hybridized carbons (Fsp3) is 0.353. The highest BCUT2D eigenvalue weighted by atomic mass is 32.1. The van der Waals surface area contributed by atoms with Gasteiger partial charge in [-0.25, -0.2) is 0 Å². The molecule has 2 aromatic rings. The second-order valence-corrected chi connectivity index (χ2v) is 6.82. The minimum atomic E-state index is -0.0550. The lowest BCUT2D eigenvalue weighted by atomic mass is 9.93. The van der Waals surface area contributed by atoms with Crippen LogP contribution in [0.1, 0.15) is 22.5 Å². The highest BCUT2D eigenvalue weighted by Gasteiger charge is 2.35. The molecule has 1 N–H and O–H groups in total. The summed E-state index contributed by atoms with van der Waals surface area (Å²) in [4.78, 5) is 13.1. The van der Waals surface area contributed by atoms with Gasteiger partial charge < -0.3 is 5.32 Å². The van der Waals surface area contributed by atoms with E-state index in [1.807, 2.05) is 30.3 Å². The van der Waals surface area contributed by atoms with Crippen LogP contribution in [0.2, 0.25) is 0 Å². The summed E-state index contributed by atoms with van der Waals surface area (Å²) in [5, 5.41) is 7.20. The number of benzene rings is 1. The third-order valence-corrected chi connectivity index (χ3v) is 5.41. The van der Waals surface area contributed by atoms with Crippen molar-refractivity contribution in [2.75, 3.05) is 6.54 Å². The fourth-order valence-corrected chi connectivity index (χ4v) is 4.16. The molecular formula is C17H17N3OS. The van der Waals surface area contributed by atoms with Gasteiger partial charge in [0.05, 0.1) is 0 Å². The number of hydrogen-bond acceptors (Lipinski definition) is 4. The Bertz CT molecular complexity index is 710. The smallest absolute Gasteiger partial charge is 0.265 e. The zero-order valence-corrected chi connectivity index (χ0v) is 12.9. The number of carbonyl (C=O) groups excluding carboxylic acids is 1. The van der Waals surface area contributed by atoms with Gasteiger partial charge >= 0.3 is 0 Å². The number of aromatic nitrogens is 2. The summed E-state index contributed by atoms with van der Waals surface area (Å²) in [5.41, 5.74) is 1.61. The Morgan fingerprint density at radius 2 is 2.09 bits per heavy atom. The molecular weight excluding hydrogens is 294 g/mol. The summed E-state index contributed by atoms with van der Waals surface area (Å²) < 4.78 is 3.96. The number of carbonyl (C=O) groups is 1. The molecule has 3 atom stereocenters. The summed E-state index contributed by atoms with van der Waals surface area (Å²) >= 11 is 1.16. The zero-order chi connectivity index (χ0) is 14.9. The second-order valence-electron chi connectivity index (χ2n) is 6.07. The molecule has 2 aliphatic carbocycles. The first-order valence-corrected chi connectivity index (χ1v) is 8.43. The van der Waals surface area contributed by atoms with E-state index in [4.69, 9.17) is 0 Å². The van der Waals surface area contributed by atoms with Gasteiger partial charge in [0.2, 0.25) is 0 Å². The number of amides is 1. The van der Waals surface area contributed by atoms with Gasteiger partial charge in [-0.15, -0.1) is 5.10 Å². The first-order chi connectivity index (χ1) is 10.8. The summed E-state index contributed by atoms with van der Waals surface area (Å²) in [6.45, 7) is 0.746. The Morgan fingerprint density at radius 1 is 1.23 bits per heavy atom.